The van der Waals surface area contributed by atoms with Crippen molar-refractivity contribution in [3.63, 3.8) is 0 Å². The van der Waals surface area contributed by atoms with Gasteiger partial charge in [0, 0.05) is 6.10 Å². The van der Waals surface area contributed by atoms with E-state index in [9.17, 15) is 0 Å². The summed E-state index contributed by atoms with van der Waals surface area (Å²) in [6, 6.07) is 0. The molecule has 0 bridgehead atoms. The lowest BCUT2D eigenvalue weighted by atomic mass is 10.1. The van der Waals surface area contributed by atoms with Crippen LogP contribution in [0.3, 0.4) is 0 Å². The van der Waals surface area contributed by atoms with Crippen molar-refractivity contribution in [1.82, 2.24) is 0 Å². The lowest BCUT2D eigenvalue weighted by molar-refractivity contribution is 0.182. The number of hydrogen-bond acceptors (Lipinski definition) is 2. The maximum absolute atomic E-state index is 8.71. The first-order chi connectivity index (χ1) is 7.49. The van der Waals surface area contributed by atoms with Gasteiger partial charge >= 0.3 is 0 Å². The summed E-state index contributed by atoms with van der Waals surface area (Å²) in [5.74, 6) is 0. The standard InChI is InChI=1S/C13H28O2Si/c1-5-6-7-10-13(11-8-9-12-14)15-16(2,3)4/h8-9,13-14H,5-7,10-12H2,1-4H3/b9-8+. The van der Waals surface area contributed by atoms with Gasteiger partial charge in [-0.25, -0.2) is 0 Å². The minimum Gasteiger partial charge on any atom is -0.414 e. The van der Waals surface area contributed by atoms with Crippen LogP contribution in [0.1, 0.15) is 39.0 Å². The molecule has 1 unspecified atom stereocenters. The number of aliphatic hydroxyl groups excluding tert-OH is 1. The van der Waals surface area contributed by atoms with Crippen LogP contribution in [-0.2, 0) is 4.43 Å². The second-order valence-electron chi connectivity index (χ2n) is 5.24. The topological polar surface area (TPSA) is 29.5 Å². The minimum atomic E-state index is -1.44. The van der Waals surface area contributed by atoms with Crippen LogP contribution in [0.2, 0.25) is 19.6 Å². The van der Waals surface area contributed by atoms with Crippen LogP contribution in [0, 0.1) is 0 Å². The van der Waals surface area contributed by atoms with Crippen molar-refractivity contribution in [1.29, 1.82) is 0 Å². The van der Waals surface area contributed by atoms with Crippen molar-refractivity contribution in [2.75, 3.05) is 6.61 Å². The average Bonchev–Trinajstić information content (AvgIpc) is 2.16. The highest BCUT2D eigenvalue weighted by atomic mass is 28.4. The Morgan fingerprint density at radius 3 is 2.38 bits per heavy atom. The lowest BCUT2D eigenvalue weighted by Gasteiger charge is -2.25. The molecule has 0 aliphatic rings. The summed E-state index contributed by atoms with van der Waals surface area (Å²) < 4.78 is 6.14. The van der Waals surface area contributed by atoms with Crippen LogP contribution in [0.4, 0.5) is 0 Å². The monoisotopic (exact) mass is 244 g/mol. The molecule has 0 aromatic heterocycles. The Morgan fingerprint density at radius 2 is 1.88 bits per heavy atom. The molecule has 0 heterocycles. The molecule has 96 valence electrons. The van der Waals surface area contributed by atoms with Gasteiger partial charge in [-0.1, -0.05) is 38.3 Å². The predicted octanol–water partition coefficient (Wildman–Crippen LogP) is 3.73. The Morgan fingerprint density at radius 1 is 1.19 bits per heavy atom. The Kier molecular flexibility index (Phi) is 8.90. The SMILES string of the molecule is CCCCCC(C/C=C/CO)O[Si](C)(C)C. The van der Waals surface area contributed by atoms with E-state index < -0.39 is 8.32 Å². The molecule has 3 heteroatoms. The number of unbranched alkanes of at least 4 members (excludes halogenated alkanes) is 2. The average molecular weight is 244 g/mol. The summed E-state index contributed by atoms with van der Waals surface area (Å²) in [4.78, 5) is 0. The van der Waals surface area contributed by atoms with Crippen LogP contribution >= 0.6 is 0 Å². The van der Waals surface area contributed by atoms with E-state index in [1.54, 1.807) is 6.08 Å². The highest BCUT2D eigenvalue weighted by Gasteiger charge is 2.19. The second kappa shape index (κ2) is 8.96. The van der Waals surface area contributed by atoms with E-state index in [2.05, 4.69) is 26.6 Å². The quantitative estimate of drug-likeness (QED) is 0.380. The number of hydrogen-bond donors (Lipinski definition) is 1. The van der Waals surface area contributed by atoms with Crippen molar-refractivity contribution in [3.8, 4) is 0 Å². The van der Waals surface area contributed by atoms with E-state index in [4.69, 9.17) is 9.53 Å². The molecule has 0 amide bonds. The summed E-state index contributed by atoms with van der Waals surface area (Å²) in [5.41, 5.74) is 0. The van der Waals surface area contributed by atoms with Crippen LogP contribution in [0.25, 0.3) is 0 Å². The fourth-order valence-corrected chi connectivity index (χ4v) is 2.88. The van der Waals surface area contributed by atoms with Gasteiger partial charge in [0.1, 0.15) is 0 Å². The van der Waals surface area contributed by atoms with Crippen LogP contribution < -0.4 is 0 Å². The highest BCUT2D eigenvalue weighted by Crippen LogP contribution is 2.16. The van der Waals surface area contributed by atoms with Gasteiger partial charge in [-0.3, -0.25) is 0 Å². The summed E-state index contributed by atoms with van der Waals surface area (Å²) in [6.07, 6.45) is 10.1. The van der Waals surface area contributed by atoms with E-state index in [0.717, 1.165) is 12.8 Å². The van der Waals surface area contributed by atoms with Gasteiger partial charge in [-0.15, -0.1) is 0 Å². The molecule has 0 fully saturated rings. The van der Waals surface area contributed by atoms with E-state index in [1.807, 2.05) is 6.08 Å². The Bertz CT molecular complexity index is 185. The van der Waals surface area contributed by atoms with Crippen LogP contribution in [0.5, 0.6) is 0 Å². The normalized spacial score (nSPS) is 14.6. The Balaban J connectivity index is 4.00. The van der Waals surface area contributed by atoms with Gasteiger partial charge in [0.2, 0.25) is 0 Å². The van der Waals surface area contributed by atoms with Crippen molar-refractivity contribution >= 4 is 8.32 Å². The van der Waals surface area contributed by atoms with Gasteiger partial charge in [0.15, 0.2) is 8.32 Å². The van der Waals surface area contributed by atoms with Crippen LogP contribution in [0.15, 0.2) is 12.2 Å². The molecule has 1 N–H and O–H groups in total. The lowest BCUT2D eigenvalue weighted by Crippen LogP contribution is -2.31. The molecule has 1 atom stereocenters. The fraction of sp³-hybridized carbons (Fsp3) is 0.846. The van der Waals surface area contributed by atoms with Gasteiger partial charge in [-0.05, 0) is 32.5 Å². The molecular weight excluding hydrogens is 216 g/mol. The first kappa shape index (κ1) is 15.9. The first-order valence-electron chi connectivity index (χ1n) is 6.43. The Hall–Kier alpha value is -0.123. The molecular formula is C13H28O2Si. The first-order valence-corrected chi connectivity index (χ1v) is 9.84. The largest absolute Gasteiger partial charge is 0.414 e. The maximum Gasteiger partial charge on any atom is 0.184 e. The number of rotatable bonds is 9. The Labute approximate surface area is 102 Å². The van der Waals surface area contributed by atoms with Crippen molar-refractivity contribution in [2.24, 2.45) is 0 Å². The third-order valence-electron chi connectivity index (χ3n) is 2.32. The third-order valence-corrected chi connectivity index (χ3v) is 3.36. The van der Waals surface area contributed by atoms with Crippen molar-refractivity contribution in [3.05, 3.63) is 12.2 Å². The van der Waals surface area contributed by atoms with Gasteiger partial charge < -0.3 is 9.53 Å². The third kappa shape index (κ3) is 10.4. The number of aliphatic hydroxyl groups is 1. The highest BCUT2D eigenvalue weighted by molar-refractivity contribution is 6.69. The molecule has 0 saturated heterocycles. The minimum absolute atomic E-state index is 0.134. The molecule has 0 spiro atoms. The van der Waals surface area contributed by atoms with Crippen molar-refractivity contribution < 1.29 is 9.53 Å². The van der Waals surface area contributed by atoms with Gasteiger partial charge in [0.25, 0.3) is 0 Å². The smallest absolute Gasteiger partial charge is 0.184 e. The van der Waals surface area contributed by atoms with Gasteiger partial charge in [0.05, 0.1) is 6.61 Å². The zero-order chi connectivity index (χ0) is 12.4. The van der Waals surface area contributed by atoms with E-state index in [-0.39, 0.29) is 6.61 Å². The predicted molar refractivity (Wildman–Crippen MR) is 73.2 cm³/mol. The molecule has 0 saturated carbocycles. The fourth-order valence-electron chi connectivity index (χ4n) is 1.67. The summed E-state index contributed by atoms with van der Waals surface area (Å²) in [7, 11) is -1.44. The van der Waals surface area contributed by atoms with Gasteiger partial charge in [-0.2, -0.15) is 0 Å². The second-order valence-corrected chi connectivity index (χ2v) is 9.70. The molecule has 0 aliphatic carbocycles. The van der Waals surface area contributed by atoms with Crippen molar-refractivity contribution in [2.45, 2.75) is 64.8 Å². The molecule has 0 aromatic carbocycles. The molecule has 0 rings (SSSR count). The molecule has 16 heavy (non-hydrogen) atoms. The molecule has 0 aromatic rings. The van der Waals surface area contributed by atoms with Crippen LogP contribution in [-0.4, -0.2) is 26.1 Å². The summed E-state index contributed by atoms with van der Waals surface area (Å²) in [5, 5.41) is 8.71. The molecule has 0 aliphatic heterocycles. The summed E-state index contributed by atoms with van der Waals surface area (Å²) in [6.45, 7) is 9.05. The molecule has 0 radical (unpaired) electrons. The van der Waals surface area contributed by atoms with E-state index in [0.29, 0.717) is 6.10 Å². The summed E-state index contributed by atoms with van der Waals surface area (Å²) >= 11 is 0. The molecule has 2 nitrogen and oxygen atoms in total. The maximum atomic E-state index is 8.71. The van der Waals surface area contributed by atoms with E-state index in [1.165, 1.54) is 19.3 Å². The van der Waals surface area contributed by atoms with E-state index >= 15 is 0 Å². The zero-order valence-corrected chi connectivity index (χ0v) is 12.3. The zero-order valence-electron chi connectivity index (χ0n) is 11.3.